The number of rotatable bonds is 8. The standard InChI is InChI=1S/C24H32N2O5/c1-15-9-19(11-21(17(15)3)25(27)28)23(5,6)13-31-14-24(7,8)20-10-16(2)18(4)22(12-20)26(29)30/h9-12H,13-14H2,1-8H3. The van der Waals surface area contributed by atoms with Crippen molar-refractivity contribution < 1.29 is 14.6 Å². The average molecular weight is 429 g/mol. The minimum atomic E-state index is -0.436. The highest BCUT2D eigenvalue weighted by Crippen LogP contribution is 2.34. The molecular weight excluding hydrogens is 396 g/mol. The van der Waals surface area contributed by atoms with Crippen LogP contribution in [0, 0.1) is 47.9 Å². The van der Waals surface area contributed by atoms with Gasteiger partial charge in [0.25, 0.3) is 11.4 Å². The summed E-state index contributed by atoms with van der Waals surface area (Å²) in [5.41, 5.74) is 4.15. The van der Waals surface area contributed by atoms with E-state index in [9.17, 15) is 20.2 Å². The van der Waals surface area contributed by atoms with Gasteiger partial charge in [-0.2, -0.15) is 0 Å². The van der Waals surface area contributed by atoms with Gasteiger partial charge in [-0.3, -0.25) is 20.2 Å². The van der Waals surface area contributed by atoms with Crippen molar-refractivity contribution >= 4 is 11.4 Å². The number of nitro benzene ring substituents is 2. The minimum absolute atomic E-state index is 0.117. The highest BCUT2D eigenvalue weighted by atomic mass is 16.6. The summed E-state index contributed by atoms with van der Waals surface area (Å²) in [6.07, 6.45) is 0. The average Bonchev–Trinajstić information content (AvgIpc) is 2.64. The first-order valence-electron chi connectivity index (χ1n) is 10.3. The maximum atomic E-state index is 11.4. The molecule has 7 heteroatoms. The van der Waals surface area contributed by atoms with Crippen LogP contribution < -0.4 is 0 Å². The SMILES string of the molecule is Cc1cc(C(C)(C)COCC(C)(C)c2cc(C)c(C)c([N+](=O)[O-])c2)cc([N+](=O)[O-])c1C. The summed E-state index contributed by atoms with van der Waals surface area (Å²) >= 11 is 0. The van der Waals surface area contributed by atoms with Gasteiger partial charge in [0.1, 0.15) is 0 Å². The van der Waals surface area contributed by atoms with Crippen LogP contribution in [-0.4, -0.2) is 23.1 Å². The molecule has 2 aromatic rings. The second kappa shape index (κ2) is 8.75. The number of ether oxygens (including phenoxy) is 1. The Morgan fingerprint density at radius 1 is 0.710 bits per heavy atom. The molecule has 31 heavy (non-hydrogen) atoms. The van der Waals surface area contributed by atoms with Gasteiger partial charge in [0, 0.05) is 34.1 Å². The summed E-state index contributed by atoms with van der Waals surface area (Å²) < 4.78 is 6.07. The van der Waals surface area contributed by atoms with E-state index in [1.165, 1.54) is 0 Å². The lowest BCUT2D eigenvalue weighted by Crippen LogP contribution is -2.30. The Morgan fingerprint density at radius 2 is 1.03 bits per heavy atom. The molecule has 0 saturated carbocycles. The van der Waals surface area contributed by atoms with Gasteiger partial charge in [-0.25, -0.2) is 0 Å². The van der Waals surface area contributed by atoms with Crippen LogP contribution in [0.15, 0.2) is 24.3 Å². The van der Waals surface area contributed by atoms with Gasteiger partial charge in [-0.05, 0) is 49.9 Å². The molecule has 0 fully saturated rings. The second-order valence-corrected chi connectivity index (χ2v) is 9.65. The van der Waals surface area contributed by atoms with E-state index in [0.717, 1.165) is 22.3 Å². The fraction of sp³-hybridized carbons (Fsp3) is 0.500. The van der Waals surface area contributed by atoms with E-state index in [1.54, 1.807) is 26.0 Å². The van der Waals surface area contributed by atoms with Gasteiger partial charge in [0.15, 0.2) is 0 Å². The van der Waals surface area contributed by atoms with Crippen LogP contribution in [-0.2, 0) is 15.6 Å². The first kappa shape index (κ1) is 24.5. The molecule has 0 amide bonds. The van der Waals surface area contributed by atoms with E-state index in [-0.39, 0.29) is 21.2 Å². The van der Waals surface area contributed by atoms with Crippen LogP contribution in [0.5, 0.6) is 0 Å². The Morgan fingerprint density at radius 3 is 1.32 bits per heavy atom. The molecule has 168 valence electrons. The van der Waals surface area contributed by atoms with Gasteiger partial charge >= 0.3 is 0 Å². The smallest absolute Gasteiger partial charge is 0.272 e. The van der Waals surface area contributed by atoms with Crippen LogP contribution >= 0.6 is 0 Å². The fourth-order valence-corrected chi connectivity index (χ4v) is 3.57. The van der Waals surface area contributed by atoms with E-state index in [0.29, 0.717) is 24.3 Å². The summed E-state index contributed by atoms with van der Waals surface area (Å²) in [6, 6.07) is 7.21. The zero-order chi connectivity index (χ0) is 23.7. The van der Waals surface area contributed by atoms with Gasteiger partial charge in [-0.15, -0.1) is 0 Å². The Balaban J connectivity index is 2.22. The largest absolute Gasteiger partial charge is 0.380 e. The molecule has 0 radical (unpaired) electrons. The summed E-state index contributed by atoms with van der Waals surface area (Å²) in [5.74, 6) is 0. The molecule has 0 aliphatic carbocycles. The Hall–Kier alpha value is -2.80. The Bertz CT molecular complexity index is 944. The van der Waals surface area contributed by atoms with E-state index in [1.807, 2.05) is 53.7 Å². The van der Waals surface area contributed by atoms with Gasteiger partial charge < -0.3 is 4.74 Å². The molecule has 0 aliphatic rings. The Labute approximate surface area is 183 Å². The normalized spacial score (nSPS) is 12.1. The molecule has 0 unspecified atom stereocenters. The lowest BCUT2D eigenvalue weighted by atomic mass is 9.82. The first-order chi connectivity index (χ1) is 14.2. The molecule has 0 N–H and O–H groups in total. The van der Waals surface area contributed by atoms with Crippen molar-refractivity contribution in [2.75, 3.05) is 13.2 Å². The van der Waals surface area contributed by atoms with Crippen LogP contribution in [0.2, 0.25) is 0 Å². The second-order valence-electron chi connectivity index (χ2n) is 9.65. The van der Waals surface area contributed by atoms with E-state index >= 15 is 0 Å². The number of nitrogens with zero attached hydrogens (tertiary/aromatic N) is 2. The summed E-state index contributed by atoms with van der Waals surface area (Å²) in [4.78, 5) is 22.1. The van der Waals surface area contributed by atoms with Crippen molar-refractivity contribution in [3.05, 3.63) is 77.9 Å². The number of benzene rings is 2. The highest BCUT2D eigenvalue weighted by molar-refractivity contribution is 5.50. The minimum Gasteiger partial charge on any atom is -0.380 e. The van der Waals surface area contributed by atoms with Crippen LogP contribution in [0.1, 0.15) is 61.1 Å². The van der Waals surface area contributed by atoms with Crippen molar-refractivity contribution in [2.45, 2.75) is 66.2 Å². The maximum absolute atomic E-state index is 11.4. The summed E-state index contributed by atoms with van der Waals surface area (Å²) in [7, 11) is 0. The molecule has 0 aromatic heterocycles. The van der Waals surface area contributed by atoms with Crippen LogP contribution in [0.3, 0.4) is 0 Å². The third kappa shape index (κ3) is 5.28. The third-order valence-electron chi connectivity index (χ3n) is 6.16. The third-order valence-corrected chi connectivity index (χ3v) is 6.16. The molecule has 7 nitrogen and oxygen atoms in total. The lowest BCUT2D eigenvalue weighted by Gasteiger charge is -2.30. The summed E-state index contributed by atoms with van der Waals surface area (Å²) in [5, 5.41) is 22.8. The van der Waals surface area contributed by atoms with Crippen LogP contribution in [0.4, 0.5) is 11.4 Å². The van der Waals surface area contributed by atoms with Gasteiger partial charge in [-0.1, -0.05) is 39.8 Å². The van der Waals surface area contributed by atoms with Crippen molar-refractivity contribution in [3.63, 3.8) is 0 Å². The predicted molar refractivity (Wildman–Crippen MR) is 122 cm³/mol. The number of hydrogen-bond donors (Lipinski definition) is 0. The molecule has 0 saturated heterocycles. The zero-order valence-corrected chi connectivity index (χ0v) is 19.7. The molecule has 0 spiro atoms. The van der Waals surface area contributed by atoms with Crippen molar-refractivity contribution in [3.8, 4) is 0 Å². The van der Waals surface area contributed by atoms with Gasteiger partial charge in [0.2, 0.25) is 0 Å². The van der Waals surface area contributed by atoms with Crippen molar-refractivity contribution in [1.29, 1.82) is 0 Å². The molecule has 0 bridgehead atoms. The summed E-state index contributed by atoms with van der Waals surface area (Å²) in [6.45, 7) is 16.0. The molecule has 0 aliphatic heterocycles. The first-order valence-corrected chi connectivity index (χ1v) is 10.3. The fourth-order valence-electron chi connectivity index (χ4n) is 3.57. The zero-order valence-electron chi connectivity index (χ0n) is 19.7. The number of hydrogen-bond acceptors (Lipinski definition) is 5. The monoisotopic (exact) mass is 428 g/mol. The van der Waals surface area contributed by atoms with E-state index in [4.69, 9.17) is 4.74 Å². The molecule has 0 heterocycles. The Kier molecular flexibility index (Phi) is 6.90. The quantitative estimate of drug-likeness (QED) is 0.379. The molecule has 2 aromatic carbocycles. The maximum Gasteiger partial charge on any atom is 0.272 e. The topological polar surface area (TPSA) is 95.5 Å². The highest BCUT2D eigenvalue weighted by Gasteiger charge is 2.29. The van der Waals surface area contributed by atoms with Crippen LogP contribution in [0.25, 0.3) is 0 Å². The predicted octanol–water partition coefficient (Wildman–Crippen LogP) is 6.01. The number of aryl methyl sites for hydroxylation is 2. The lowest BCUT2D eigenvalue weighted by molar-refractivity contribution is -0.385. The van der Waals surface area contributed by atoms with Gasteiger partial charge in [0.05, 0.1) is 23.1 Å². The van der Waals surface area contributed by atoms with Crippen molar-refractivity contribution in [2.24, 2.45) is 0 Å². The van der Waals surface area contributed by atoms with Crippen molar-refractivity contribution in [1.82, 2.24) is 0 Å². The van der Waals surface area contributed by atoms with E-state index in [2.05, 4.69) is 0 Å². The van der Waals surface area contributed by atoms with E-state index < -0.39 is 10.8 Å². The molecule has 0 atom stereocenters. The molecule has 2 rings (SSSR count). The number of nitro groups is 2. The molecular formula is C24H32N2O5.